The summed E-state index contributed by atoms with van der Waals surface area (Å²) in [6.45, 7) is 2.46. The number of carbonyl (C=O) groups excluding carboxylic acids is 1. The van der Waals surface area contributed by atoms with Crippen LogP contribution in [0.4, 0.5) is 0 Å². The number of hydrogen-bond acceptors (Lipinski definition) is 3. The molecule has 0 N–H and O–H groups in total. The van der Waals surface area contributed by atoms with Crippen LogP contribution in [0.25, 0.3) is 0 Å². The summed E-state index contributed by atoms with van der Waals surface area (Å²) in [6, 6.07) is 7.52. The maximum absolute atomic E-state index is 12.3. The van der Waals surface area contributed by atoms with Gasteiger partial charge in [-0.25, -0.2) is 8.42 Å². The first-order valence-corrected chi connectivity index (χ1v) is 8.42. The highest BCUT2D eigenvalue weighted by Gasteiger charge is 2.14. The average Bonchev–Trinajstić information content (AvgIpc) is 2.36. The molecule has 0 heterocycles. The predicted octanol–water partition coefficient (Wildman–Crippen LogP) is 1.76. The Balaban J connectivity index is 2.67. The van der Waals surface area contributed by atoms with Gasteiger partial charge in [-0.2, -0.15) is 0 Å². The Bertz CT molecular complexity index is 537. The minimum Gasteiger partial charge on any atom is -0.342 e. The van der Waals surface area contributed by atoms with Crippen molar-refractivity contribution in [3.05, 3.63) is 35.4 Å². The van der Waals surface area contributed by atoms with Crippen LogP contribution in [0.5, 0.6) is 0 Å². The summed E-state index contributed by atoms with van der Waals surface area (Å²) >= 11 is 0. The Labute approximate surface area is 115 Å². The summed E-state index contributed by atoms with van der Waals surface area (Å²) in [5.74, 6) is 0.0611. The maximum atomic E-state index is 12.3. The zero-order valence-corrected chi connectivity index (χ0v) is 12.5. The van der Waals surface area contributed by atoms with E-state index < -0.39 is 9.84 Å². The summed E-state index contributed by atoms with van der Waals surface area (Å²) in [4.78, 5) is 13.8. The summed E-state index contributed by atoms with van der Waals surface area (Å²) < 4.78 is 22.1. The molecule has 0 saturated carbocycles. The fraction of sp³-hybridized carbons (Fsp3) is 0.500. The van der Waals surface area contributed by atoms with E-state index in [0.29, 0.717) is 18.5 Å². The first-order valence-electron chi connectivity index (χ1n) is 6.36. The Morgan fingerprint density at radius 1 is 1.26 bits per heavy atom. The van der Waals surface area contributed by atoms with Crippen LogP contribution < -0.4 is 0 Å². The van der Waals surface area contributed by atoms with Gasteiger partial charge in [-0.1, -0.05) is 25.1 Å². The van der Waals surface area contributed by atoms with Crippen molar-refractivity contribution in [3.8, 4) is 0 Å². The summed E-state index contributed by atoms with van der Waals surface area (Å²) in [7, 11) is -1.26. The number of aryl methyl sites for hydroxylation is 1. The number of sulfone groups is 1. The Morgan fingerprint density at radius 2 is 1.89 bits per heavy atom. The van der Waals surface area contributed by atoms with Gasteiger partial charge in [0.2, 0.25) is 0 Å². The lowest BCUT2D eigenvalue weighted by atomic mass is 10.0. The van der Waals surface area contributed by atoms with Crippen molar-refractivity contribution < 1.29 is 13.2 Å². The third kappa shape index (κ3) is 5.03. The number of nitrogens with zero attached hydrogens (tertiary/aromatic N) is 1. The van der Waals surface area contributed by atoms with Gasteiger partial charge < -0.3 is 4.90 Å². The lowest BCUT2D eigenvalue weighted by molar-refractivity contribution is 0.0794. The standard InChI is InChI=1S/C14H21NO3S/c1-4-12-8-5-6-9-13(12)14(16)15(2)10-7-11-19(3,17)18/h5-6,8-9H,4,7,10-11H2,1-3H3. The van der Waals surface area contributed by atoms with E-state index >= 15 is 0 Å². The second-order valence-corrected chi connectivity index (χ2v) is 6.98. The lowest BCUT2D eigenvalue weighted by Crippen LogP contribution is -2.29. The normalized spacial score (nSPS) is 11.3. The Kier molecular flexibility index (Phi) is 5.54. The molecule has 0 fully saturated rings. The van der Waals surface area contributed by atoms with E-state index in [2.05, 4.69) is 0 Å². The third-order valence-electron chi connectivity index (χ3n) is 2.98. The number of carbonyl (C=O) groups is 1. The van der Waals surface area contributed by atoms with Crippen LogP contribution in [0, 0.1) is 0 Å². The van der Waals surface area contributed by atoms with Gasteiger partial charge in [-0.15, -0.1) is 0 Å². The molecule has 19 heavy (non-hydrogen) atoms. The summed E-state index contributed by atoms with van der Waals surface area (Å²) in [6.07, 6.45) is 2.48. The third-order valence-corrected chi connectivity index (χ3v) is 4.01. The van der Waals surface area contributed by atoms with E-state index in [0.717, 1.165) is 12.0 Å². The lowest BCUT2D eigenvalue weighted by Gasteiger charge is -2.18. The molecule has 106 valence electrons. The molecule has 0 saturated heterocycles. The van der Waals surface area contributed by atoms with Gasteiger partial charge in [0, 0.05) is 25.4 Å². The van der Waals surface area contributed by atoms with E-state index in [9.17, 15) is 13.2 Å². The van der Waals surface area contributed by atoms with E-state index in [1.807, 2.05) is 31.2 Å². The van der Waals surface area contributed by atoms with Gasteiger partial charge in [0.1, 0.15) is 9.84 Å². The Hall–Kier alpha value is -1.36. The first-order chi connectivity index (χ1) is 8.85. The molecule has 0 atom stereocenters. The molecule has 5 heteroatoms. The van der Waals surface area contributed by atoms with Crippen LogP contribution in [0.15, 0.2) is 24.3 Å². The molecule has 4 nitrogen and oxygen atoms in total. The SMILES string of the molecule is CCc1ccccc1C(=O)N(C)CCCS(C)(=O)=O. The molecule has 1 amide bonds. The van der Waals surface area contributed by atoms with Crippen LogP contribution >= 0.6 is 0 Å². The van der Waals surface area contributed by atoms with Crippen molar-refractivity contribution >= 4 is 15.7 Å². The van der Waals surface area contributed by atoms with Crippen molar-refractivity contribution in [2.24, 2.45) is 0 Å². The van der Waals surface area contributed by atoms with E-state index in [1.165, 1.54) is 6.26 Å². The predicted molar refractivity (Wildman–Crippen MR) is 77.1 cm³/mol. The molecule has 0 spiro atoms. The van der Waals surface area contributed by atoms with Crippen molar-refractivity contribution in [1.29, 1.82) is 0 Å². The fourth-order valence-corrected chi connectivity index (χ4v) is 2.56. The first kappa shape index (κ1) is 15.7. The van der Waals surface area contributed by atoms with Crippen LogP contribution in [0.2, 0.25) is 0 Å². The smallest absolute Gasteiger partial charge is 0.253 e. The van der Waals surface area contributed by atoms with Crippen LogP contribution in [0.3, 0.4) is 0 Å². The monoisotopic (exact) mass is 283 g/mol. The van der Waals surface area contributed by atoms with Gasteiger partial charge in [0.25, 0.3) is 5.91 Å². The molecule has 0 bridgehead atoms. The Morgan fingerprint density at radius 3 is 2.47 bits per heavy atom. The molecule has 0 unspecified atom stereocenters. The van der Waals surface area contributed by atoms with Crippen molar-refractivity contribution in [2.75, 3.05) is 25.6 Å². The van der Waals surface area contributed by atoms with Crippen molar-refractivity contribution in [1.82, 2.24) is 4.90 Å². The number of hydrogen-bond donors (Lipinski definition) is 0. The van der Waals surface area contributed by atoms with Gasteiger partial charge in [0.05, 0.1) is 5.75 Å². The second-order valence-electron chi connectivity index (χ2n) is 4.72. The molecule has 1 aromatic carbocycles. The minimum atomic E-state index is -2.96. The average molecular weight is 283 g/mol. The molecule has 0 aliphatic heterocycles. The number of rotatable bonds is 6. The van der Waals surface area contributed by atoms with Gasteiger partial charge in [-0.3, -0.25) is 4.79 Å². The maximum Gasteiger partial charge on any atom is 0.253 e. The minimum absolute atomic E-state index is 0.0500. The molecule has 0 aromatic heterocycles. The van der Waals surface area contributed by atoms with Gasteiger partial charge >= 0.3 is 0 Å². The van der Waals surface area contributed by atoms with Gasteiger partial charge in [0.15, 0.2) is 0 Å². The van der Waals surface area contributed by atoms with E-state index in [1.54, 1.807) is 11.9 Å². The molecule has 1 aromatic rings. The molecule has 0 aliphatic rings. The zero-order valence-electron chi connectivity index (χ0n) is 11.7. The van der Waals surface area contributed by atoms with Crippen LogP contribution in [0.1, 0.15) is 29.3 Å². The fourth-order valence-electron chi connectivity index (χ4n) is 1.91. The molecular weight excluding hydrogens is 262 g/mol. The summed E-state index contributed by atoms with van der Waals surface area (Å²) in [5.41, 5.74) is 1.72. The quantitative estimate of drug-likeness (QED) is 0.799. The van der Waals surface area contributed by atoms with Crippen molar-refractivity contribution in [3.63, 3.8) is 0 Å². The van der Waals surface area contributed by atoms with E-state index in [4.69, 9.17) is 0 Å². The van der Waals surface area contributed by atoms with Gasteiger partial charge in [-0.05, 0) is 24.5 Å². The van der Waals surface area contributed by atoms with Crippen LogP contribution in [-0.2, 0) is 16.3 Å². The molecular formula is C14H21NO3S. The highest BCUT2D eigenvalue weighted by molar-refractivity contribution is 7.90. The topological polar surface area (TPSA) is 54.5 Å². The van der Waals surface area contributed by atoms with E-state index in [-0.39, 0.29) is 11.7 Å². The highest BCUT2D eigenvalue weighted by Crippen LogP contribution is 2.12. The van der Waals surface area contributed by atoms with Crippen LogP contribution in [-0.4, -0.2) is 44.8 Å². The number of amides is 1. The molecule has 1 rings (SSSR count). The summed E-state index contributed by atoms with van der Waals surface area (Å²) in [5, 5.41) is 0. The zero-order chi connectivity index (χ0) is 14.5. The highest BCUT2D eigenvalue weighted by atomic mass is 32.2. The molecule has 0 radical (unpaired) electrons. The van der Waals surface area contributed by atoms with Crippen molar-refractivity contribution in [2.45, 2.75) is 19.8 Å². The second kappa shape index (κ2) is 6.70. The largest absolute Gasteiger partial charge is 0.342 e. The molecule has 0 aliphatic carbocycles. The number of benzene rings is 1.